The molecule has 1 fully saturated rings. The number of esters is 1. The van der Waals surface area contributed by atoms with Gasteiger partial charge in [-0.3, -0.25) is 9.48 Å². The quantitative estimate of drug-likeness (QED) is 0.362. The van der Waals surface area contributed by atoms with Crippen LogP contribution < -0.4 is 16.6 Å². The van der Waals surface area contributed by atoms with E-state index in [-0.39, 0.29) is 35.8 Å². The summed E-state index contributed by atoms with van der Waals surface area (Å²) in [6.45, 7) is 5.69. The molecule has 40 heavy (non-hydrogen) atoms. The number of benzene rings is 1. The zero-order chi connectivity index (χ0) is 29.2. The molecule has 0 radical (unpaired) electrons. The Hall–Kier alpha value is -3.89. The van der Waals surface area contributed by atoms with Gasteiger partial charge in [0, 0.05) is 17.8 Å². The van der Waals surface area contributed by atoms with Gasteiger partial charge in [-0.1, -0.05) is 12.1 Å². The minimum Gasteiger partial charge on any atom is -0.458 e. The molecule has 10 nitrogen and oxygen atoms in total. The van der Waals surface area contributed by atoms with E-state index in [1.807, 2.05) is 0 Å². The minimum absolute atomic E-state index is 0.105. The van der Waals surface area contributed by atoms with Gasteiger partial charge < -0.3 is 25.5 Å². The minimum atomic E-state index is -4.57. The third-order valence-electron chi connectivity index (χ3n) is 6.64. The fraction of sp³-hybridized carbons (Fsp3) is 0.481. The summed E-state index contributed by atoms with van der Waals surface area (Å²) < 4.78 is 51.5. The van der Waals surface area contributed by atoms with Crippen LogP contribution in [0.25, 0.3) is 10.9 Å². The van der Waals surface area contributed by atoms with Gasteiger partial charge in [-0.2, -0.15) is 23.5 Å². The van der Waals surface area contributed by atoms with Crippen molar-refractivity contribution in [3.05, 3.63) is 52.4 Å². The van der Waals surface area contributed by atoms with Crippen LogP contribution in [0.3, 0.4) is 0 Å². The van der Waals surface area contributed by atoms with Crippen molar-refractivity contribution in [1.82, 2.24) is 14.8 Å². The number of pyridine rings is 1. The zero-order valence-corrected chi connectivity index (χ0v) is 22.3. The number of nitrogens with two attached hydrogens (primary N) is 1. The summed E-state index contributed by atoms with van der Waals surface area (Å²) in [5, 5.41) is 17.7. The Morgan fingerprint density at radius 3 is 2.55 bits per heavy atom. The van der Waals surface area contributed by atoms with E-state index in [0.717, 1.165) is 0 Å². The molecular weight excluding hydrogens is 529 g/mol. The molecule has 13 heteroatoms. The van der Waals surface area contributed by atoms with Crippen LogP contribution in [0.1, 0.15) is 45.2 Å². The van der Waals surface area contributed by atoms with E-state index in [1.165, 1.54) is 30.5 Å². The molecule has 4 N–H and O–H groups in total. The number of alkyl halides is 3. The first kappa shape index (κ1) is 29.1. The number of H-pyrrole nitrogens is 1. The van der Waals surface area contributed by atoms with Gasteiger partial charge in [-0.05, 0) is 57.4 Å². The Bertz CT molecular complexity index is 1440. The molecule has 3 heterocycles. The van der Waals surface area contributed by atoms with E-state index < -0.39 is 41.4 Å². The van der Waals surface area contributed by atoms with E-state index in [0.29, 0.717) is 24.0 Å². The fourth-order valence-electron chi connectivity index (χ4n) is 4.59. The zero-order valence-electron chi connectivity index (χ0n) is 22.3. The van der Waals surface area contributed by atoms with Crippen LogP contribution >= 0.6 is 0 Å². The second-order valence-electron chi connectivity index (χ2n) is 10.8. The molecule has 2 aromatic heterocycles. The van der Waals surface area contributed by atoms with Gasteiger partial charge in [0.15, 0.2) is 11.9 Å². The highest BCUT2D eigenvalue weighted by Crippen LogP contribution is 2.32. The number of carbonyl (C=O) groups is 1. The molecule has 0 aliphatic carbocycles. The number of halogens is 3. The summed E-state index contributed by atoms with van der Waals surface area (Å²) in [6.07, 6.45) is -2.81. The SMILES string of the molecule is CC(C)(C)OC(=O)C1CCC(C(C#N)Cn2nc(Nc3ccc(C(N)C(F)(F)F)cc3)c3c(=O)[nH]ccc32)CO1. The molecular formula is C27H31F3N6O4. The highest BCUT2D eigenvalue weighted by Gasteiger charge is 2.38. The topological polar surface area (TPSA) is 148 Å². The van der Waals surface area contributed by atoms with E-state index >= 15 is 0 Å². The summed E-state index contributed by atoms with van der Waals surface area (Å²) in [7, 11) is 0. The molecule has 0 amide bonds. The molecule has 0 spiro atoms. The van der Waals surface area contributed by atoms with Gasteiger partial charge in [0.25, 0.3) is 5.56 Å². The van der Waals surface area contributed by atoms with Gasteiger partial charge in [-0.15, -0.1) is 0 Å². The third kappa shape index (κ3) is 6.63. The Morgan fingerprint density at radius 1 is 1.27 bits per heavy atom. The summed E-state index contributed by atoms with van der Waals surface area (Å²) in [5.41, 5.74) is 5.00. The normalized spacial score (nSPS) is 19.6. The highest BCUT2D eigenvalue weighted by atomic mass is 19.4. The number of hydrogen-bond donors (Lipinski definition) is 3. The summed E-state index contributed by atoms with van der Waals surface area (Å²) in [4.78, 5) is 27.6. The number of aromatic nitrogens is 3. The van der Waals surface area contributed by atoms with E-state index in [1.54, 1.807) is 31.5 Å². The van der Waals surface area contributed by atoms with Crippen LogP contribution in [0.5, 0.6) is 0 Å². The molecule has 214 valence electrons. The van der Waals surface area contributed by atoms with Gasteiger partial charge in [0.2, 0.25) is 0 Å². The smallest absolute Gasteiger partial charge is 0.407 e. The average Bonchev–Trinajstić information content (AvgIpc) is 3.24. The number of nitriles is 1. The van der Waals surface area contributed by atoms with Crippen molar-refractivity contribution in [2.24, 2.45) is 17.6 Å². The number of nitrogens with one attached hydrogen (secondary N) is 2. The number of rotatable bonds is 7. The molecule has 4 unspecified atom stereocenters. The predicted octanol–water partition coefficient (Wildman–Crippen LogP) is 4.31. The van der Waals surface area contributed by atoms with Crippen LogP contribution in [-0.2, 0) is 20.8 Å². The monoisotopic (exact) mass is 560 g/mol. The molecule has 0 bridgehead atoms. The Morgan fingerprint density at radius 2 is 1.98 bits per heavy atom. The van der Waals surface area contributed by atoms with E-state index in [2.05, 4.69) is 21.5 Å². The standard InChI is InChI=1S/C27H31F3N6O4/c1-26(2,3)40-25(38)20-9-6-16(14-39-20)17(12-31)13-36-19-10-11-33-24(37)21(19)23(35-36)34-18-7-4-15(5-8-18)22(32)27(28,29)30/h4-5,7-8,10-11,16-17,20,22H,6,9,13-14,32H2,1-3H3,(H,33,37)(H,34,35). The maximum Gasteiger partial charge on any atom is 0.407 e. The van der Waals surface area contributed by atoms with Gasteiger partial charge in [0.05, 0.1) is 30.7 Å². The molecule has 1 saturated heterocycles. The van der Waals surface area contributed by atoms with Crippen LogP contribution in [0.15, 0.2) is 41.3 Å². The molecule has 4 rings (SSSR count). The maximum absolute atomic E-state index is 12.9. The lowest BCUT2D eigenvalue weighted by atomic mass is 9.87. The third-order valence-corrected chi connectivity index (χ3v) is 6.64. The Balaban J connectivity index is 1.51. The lowest BCUT2D eigenvalue weighted by molar-refractivity contribution is -0.173. The molecule has 0 saturated carbocycles. The molecule has 1 aliphatic heterocycles. The van der Waals surface area contributed by atoms with Crippen molar-refractivity contribution in [3.8, 4) is 6.07 Å². The van der Waals surface area contributed by atoms with Crippen molar-refractivity contribution in [3.63, 3.8) is 0 Å². The second kappa shape index (κ2) is 11.3. The van der Waals surface area contributed by atoms with E-state index in [4.69, 9.17) is 15.2 Å². The van der Waals surface area contributed by atoms with Crippen molar-refractivity contribution < 1.29 is 27.4 Å². The van der Waals surface area contributed by atoms with E-state index in [9.17, 15) is 28.0 Å². The average molecular weight is 561 g/mol. The number of nitrogens with zero attached hydrogens (tertiary/aromatic N) is 3. The first-order valence-corrected chi connectivity index (χ1v) is 12.8. The van der Waals surface area contributed by atoms with Gasteiger partial charge >= 0.3 is 12.1 Å². The first-order valence-electron chi connectivity index (χ1n) is 12.8. The van der Waals surface area contributed by atoms with Crippen LogP contribution in [0, 0.1) is 23.2 Å². The highest BCUT2D eigenvalue weighted by molar-refractivity contribution is 5.91. The lowest BCUT2D eigenvalue weighted by Gasteiger charge is -2.32. The summed E-state index contributed by atoms with van der Waals surface area (Å²) >= 11 is 0. The molecule has 1 aromatic carbocycles. The van der Waals surface area contributed by atoms with Crippen LogP contribution in [-0.4, -0.2) is 45.2 Å². The summed E-state index contributed by atoms with van der Waals surface area (Å²) in [6, 6.07) is 7.19. The number of anilines is 2. The van der Waals surface area contributed by atoms with Crippen LogP contribution in [0.4, 0.5) is 24.7 Å². The number of fused-ring (bicyclic) bond motifs is 1. The van der Waals surface area contributed by atoms with Crippen molar-refractivity contribution in [2.75, 3.05) is 11.9 Å². The van der Waals surface area contributed by atoms with Gasteiger partial charge in [-0.25, -0.2) is 4.79 Å². The molecule has 1 aliphatic rings. The fourth-order valence-corrected chi connectivity index (χ4v) is 4.59. The molecule has 3 aromatic rings. The predicted molar refractivity (Wildman–Crippen MR) is 140 cm³/mol. The number of carbonyl (C=O) groups excluding carboxylic acids is 1. The second-order valence-corrected chi connectivity index (χ2v) is 10.8. The number of ether oxygens (including phenoxy) is 2. The number of hydrogen-bond acceptors (Lipinski definition) is 8. The van der Waals surface area contributed by atoms with Crippen molar-refractivity contribution in [2.45, 2.75) is 64.1 Å². The summed E-state index contributed by atoms with van der Waals surface area (Å²) in [5.74, 6) is -0.947. The van der Waals surface area contributed by atoms with Crippen molar-refractivity contribution >= 4 is 28.4 Å². The largest absolute Gasteiger partial charge is 0.458 e. The maximum atomic E-state index is 12.9. The Labute approximate surface area is 228 Å². The van der Waals surface area contributed by atoms with Crippen molar-refractivity contribution in [1.29, 1.82) is 5.26 Å². The van der Waals surface area contributed by atoms with Crippen LogP contribution in [0.2, 0.25) is 0 Å². The van der Waals surface area contributed by atoms with Gasteiger partial charge in [0.1, 0.15) is 17.0 Å². The first-order chi connectivity index (χ1) is 18.8. The molecule has 4 atom stereocenters. The number of aromatic amines is 1. The Kier molecular flexibility index (Phi) is 8.23. The lowest BCUT2D eigenvalue weighted by Crippen LogP contribution is -2.39.